The maximum absolute atomic E-state index is 12.2. The van der Waals surface area contributed by atoms with E-state index in [-0.39, 0.29) is 4.90 Å². The summed E-state index contributed by atoms with van der Waals surface area (Å²) in [4.78, 5) is 0.260. The van der Waals surface area contributed by atoms with Gasteiger partial charge in [0.25, 0.3) is 10.0 Å². The summed E-state index contributed by atoms with van der Waals surface area (Å²) in [5, 5.41) is 6.59. The molecule has 3 rings (SSSR count). The van der Waals surface area contributed by atoms with Crippen molar-refractivity contribution in [3.05, 3.63) is 61.2 Å². The Hall–Kier alpha value is -2.34. The first-order valence-electron chi connectivity index (χ1n) is 5.66. The third kappa shape index (κ3) is 2.06. The summed E-state index contributed by atoms with van der Waals surface area (Å²) in [6.45, 7) is 0. The lowest BCUT2D eigenvalue weighted by Gasteiger charge is -2.06. The molecule has 0 saturated carbocycles. The number of nitrogens with zero attached hydrogens (tertiary/aromatic N) is 2. The number of rotatable bonds is 3. The zero-order valence-electron chi connectivity index (χ0n) is 9.89. The van der Waals surface area contributed by atoms with Crippen molar-refractivity contribution in [2.45, 2.75) is 4.90 Å². The smallest absolute Gasteiger partial charge is 0.267 e. The third-order valence-corrected chi connectivity index (χ3v) is 4.50. The molecule has 6 heteroatoms. The van der Waals surface area contributed by atoms with E-state index >= 15 is 0 Å². The van der Waals surface area contributed by atoms with Gasteiger partial charge in [-0.25, -0.2) is 12.4 Å². The Morgan fingerprint density at radius 3 is 2.26 bits per heavy atom. The van der Waals surface area contributed by atoms with E-state index in [9.17, 15) is 8.42 Å². The molecule has 0 fully saturated rings. The van der Waals surface area contributed by atoms with E-state index in [4.69, 9.17) is 0 Å². The van der Waals surface area contributed by atoms with Crippen LogP contribution in [0.15, 0.2) is 66.1 Å². The summed E-state index contributed by atoms with van der Waals surface area (Å²) >= 11 is 0. The summed E-state index contributed by atoms with van der Waals surface area (Å²) in [5.74, 6) is 0. The molecule has 0 amide bonds. The van der Waals surface area contributed by atoms with Gasteiger partial charge < -0.3 is 0 Å². The largest absolute Gasteiger partial charge is 0.285 e. The normalized spacial score (nSPS) is 11.6. The molecule has 2 aromatic heterocycles. The van der Waals surface area contributed by atoms with E-state index in [1.807, 2.05) is 0 Å². The Balaban J connectivity index is 2.00. The average molecular weight is 273 g/mol. The molecule has 0 aliphatic carbocycles. The molecule has 1 aromatic carbocycles. The van der Waals surface area contributed by atoms with Crippen LogP contribution in [0.3, 0.4) is 0 Å². The van der Waals surface area contributed by atoms with Crippen LogP contribution in [0.4, 0.5) is 0 Å². The van der Waals surface area contributed by atoms with Crippen LogP contribution >= 0.6 is 0 Å². The van der Waals surface area contributed by atoms with Crippen LogP contribution in [0.1, 0.15) is 0 Å². The quantitative estimate of drug-likeness (QED) is 0.794. The first-order chi connectivity index (χ1) is 9.18. The Morgan fingerprint density at radius 2 is 1.68 bits per heavy atom. The highest BCUT2D eigenvalue weighted by molar-refractivity contribution is 7.90. The van der Waals surface area contributed by atoms with Crippen molar-refractivity contribution in [2.24, 2.45) is 0 Å². The summed E-state index contributed by atoms with van der Waals surface area (Å²) in [6, 6.07) is 10.1. The molecule has 2 heterocycles. The fourth-order valence-corrected chi connectivity index (χ4v) is 3.01. The first-order valence-corrected chi connectivity index (χ1v) is 7.10. The van der Waals surface area contributed by atoms with Crippen molar-refractivity contribution >= 4 is 10.0 Å². The lowest BCUT2D eigenvalue weighted by atomic mass is 10.1. The van der Waals surface area contributed by atoms with E-state index < -0.39 is 10.0 Å². The second-order valence-corrected chi connectivity index (χ2v) is 5.87. The molecular weight excluding hydrogens is 262 g/mol. The van der Waals surface area contributed by atoms with Gasteiger partial charge in [0.05, 0.1) is 11.1 Å². The fraction of sp³-hybridized carbons (Fsp3) is 0. The standard InChI is InChI=1S/C13H11N3O2S/c17-19(18,16-7-1-2-8-16)13-5-3-11(4-6-13)12-9-14-15-10-12/h1-10H,(H,14,15). The molecule has 0 aliphatic rings. The number of H-pyrrole nitrogens is 1. The van der Waals surface area contributed by atoms with Crippen LogP contribution in [-0.2, 0) is 10.0 Å². The number of hydrogen-bond donors (Lipinski definition) is 1. The predicted molar refractivity (Wildman–Crippen MR) is 71.0 cm³/mol. The average Bonchev–Trinajstić information content (AvgIpc) is 3.12. The van der Waals surface area contributed by atoms with Crippen LogP contribution in [0.2, 0.25) is 0 Å². The van der Waals surface area contributed by atoms with Crippen molar-refractivity contribution in [2.75, 3.05) is 0 Å². The molecule has 0 aliphatic heterocycles. The van der Waals surface area contributed by atoms with Crippen LogP contribution in [0, 0.1) is 0 Å². The molecule has 0 saturated heterocycles. The predicted octanol–water partition coefficient (Wildman–Crippen LogP) is 2.12. The number of aromatic amines is 1. The van der Waals surface area contributed by atoms with Gasteiger partial charge in [-0.15, -0.1) is 0 Å². The van der Waals surface area contributed by atoms with E-state index in [2.05, 4.69) is 10.2 Å². The van der Waals surface area contributed by atoms with Gasteiger partial charge in [-0.1, -0.05) is 12.1 Å². The molecule has 96 valence electrons. The van der Waals surface area contributed by atoms with Gasteiger partial charge in [0.15, 0.2) is 0 Å². The summed E-state index contributed by atoms with van der Waals surface area (Å²) < 4.78 is 25.7. The van der Waals surface area contributed by atoms with E-state index in [1.165, 1.54) is 16.4 Å². The molecule has 0 radical (unpaired) electrons. The van der Waals surface area contributed by atoms with Crippen LogP contribution in [0.25, 0.3) is 11.1 Å². The second kappa shape index (κ2) is 4.40. The molecule has 0 bridgehead atoms. The Bertz CT molecular complexity index is 758. The Labute approximate surface area is 110 Å². The zero-order valence-corrected chi connectivity index (χ0v) is 10.7. The minimum atomic E-state index is -3.49. The monoisotopic (exact) mass is 273 g/mol. The van der Waals surface area contributed by atoms with Crippen LogP contribution in [0.5, 0.6) is 0 Å². The number of nitrogens with one attached hydrogen (secondary N) is 1. The van der Waals surface area contributed by atoms with Gasteiger partial charge in [-0.2, -0.15) is 5.10 Å². The lowest BCUT2D eigenvalue weighted by molar-refractivity contribution is 0.587. The molecule has 3 aromatic rings. The van der Waals surface area contributed by atoms with Gasteiger partial charge in [-0.3, -0.25) is 5.10 Å². The first kappa shape index (κ1) is 11.7. The highest BCUT2D eigenvalue weighted by Gasteiger charge is 2.15. The fourth-order valence-electron chi connectivity index (χ4n) is 1.83. The molecule has 5 nitrogen and oxygen atoms in total. The molecular formula is C13H11N3O2S. The molecule has 0 unspecified atom stereocenters. The van der Waals surface area contributed by atoms with Crippen LogP contribution < -0.4 is 0 Å². The maximum Gasteiger partial charge on any atom is 0.267 e. The maximum atomic E-state index is 12.2. The summed E-state index contributed by atoms with van der Waals surface area (Å²) in [5.41, 5.74) is 1.84. The van der Waals surface area contributed by atoms with Crippen molar-refractivity contribution in [3.63, 3.8) is 0 Å². The molecule has 0 spiro atoms. The Morgan fingerprint density at radius 1 is 1.00 bits per heavy atom. The number of benzene rings is 1. The minimum Gasteiger partial charge on any atom is -0.285 e. The zero-order chi connectivity index (χ0) is 13.3. The number of hydrogen-bond acceptors (Lipinski definition) is 3. The van der Waals surface area contributed by atoms with Gasteiger partial charge in [0, 0.05) is 24.2 Å². The van der Waals surface area contributed by atoms with Gasteiger partial charge in [-0.05, 0) is 29.8 Å². The lowest BCUT2D eigenvalue weighted by Crippen LogP contribution is -2.10. The van der Waals surface area contributed by atoms with Crippen LogP contribution in [-0.4, -0.2) is 22.6 Å². The summed E-state index contributed by atoms with van der Waals surface area (Å²) in [7, 11) is -3.49. The molecule has 19 heavy (non-hydrogen) atoms. The van der Waals surface area contributed by atoms with Crippen molar-refractivity contribution in [1.29, 1.82) is 0 Å². The van der Waals surface area contributed by atoms with E-state index in [0.29, 0.717) is 0 Å². The van der Waals surface area contributed by atoms with E-state index in [0.717, 1.165) is 11.1 Å². The van der Waals surface area contributed by atoms with E-state index in [1.54, 1.807) is 48.8 Å². The van der Waals surface area contributed by atoms with Gasteiger partial charge >= 0.3 is 0 Å². The second-order valence-electron chi connectivity index (χ2n) is 4.03. The Kier molecular flexibility index (Phi) is 2.72. The number of aromatic nitrogens is 3. The highest BCUT2D eigenvalue weighted by Crippen LogP contribution is 2.21. The van der Waals surface area contributed by atoms with Gasteiger partial charge in [0.2, 0.25) is 0 Å². The van der Waals surface area contributed by atoms with Crippen molar-refractivity contribution in [3.8, 4) is 11.1 Å². The minimum absolute atomic E-state index is 0.260. The van der Waals surface area contributed by atoms with Gasteiger partial charge in [0.1, 0.15) is 0 Å². The summed E-state index contributed by atoms with van der Waals surface area (Å²) in [6.07, 6.45) is 6.48. The molecule has 0 atom stereocenters. The third-order valence-electron chi connectivity index (χ3n) is 2.84. The van der Waals surface area contributed by atoms with Crippen molar-refractivity contribution < 1.29 is 8.42 Å². The molecule has 1 N–H and O–H groups in total. The van der Waals surface area contributed by atoms with Crippen molar-refractivity contribution in [1.82, 2.24) is 14.2 Å². The highest BCUT2D eigenvalue weighted by atomic mass is 32.2. The SMILES string of the molecule is O=S(=O)(c1ccc(-c2cn[nH]c2)cc1)n1cccc1. The topological polar surface area (TPSA) is 67.8 Å².